The predicted octanol–water partition coefficient (Wildman–Crippen LogP) is 9.17. The highest BCUT2D eigenvalue weighted by molar-refractivity contribution is 9.10. The van der Waals surface area contributed by atoms with Gasteiger partial charge in [0.1, 0.15) is 11.7 Å². The van der Waals surface area contributed by atoms with Crippen molar-refractivity contribution in [2.45, 2.75) is 6.17 Å². The number of aliphatic imine (C=N–C) groups is 2. The lowest BCUT2D eigenvalue weighted by atomic mass is 9.96. The minimum Gasteiger partial charge on any atom is -0.324 e. The summed E-state index contributed by atoms with van der Waals surface area (Å²) >= 11 is 3.75. The summed E-state index contributed by atoms with van der Waals surface area (Å²) in [5.74, 6) is 1.48. The minimum atomic E-state index is -0.426. The van der Waals surface area contributed by atoms with E-state index in [4.69, 9.17) is 9.98 Å². The highest BCUT2D eigenvalue weighted by Crippen LogP contribution is 2.34. The first-order valence-electron chi connectivity index (χ1n) is 12.8. The highest BCUT2D eigenvalue weighted by Gasteiger charge is 2.21. The molecule has 0 saturated heterocycles. The molecule has 0 aliphatic carbocycles. The van der Waals surface area contributed by atoms with E-state index in [9.17, 15) is 0 Å². The molecule has 0 bridgehead atoms. The van der Waals surface area contributed by atoms with Crippen molar-refractivity contribution in [3.05, 3.63) is 156 Å². The molecule has 3 nitrogen and oxygen atoms in total. The fourth-order valence-corrected chi connectivity index (χ4v) is 5.49. The van der Waals surface area contributed by atoms with Gasteiger partial charge in [-0.05, 0) is 56.9 Å². The van der Waals surface area contributed by atoms with Crippen molar-refractivity contribution in [1.82, 2.24) is 5.32 Å². The van der Waals surface area contributed by atoms with E-state index in [2.05, 4.69) is 107 Å². The average Bonchev–Trinajstić information content (AvgIpc) is 2.99. The van der Waals surface area contributed by atoms with Gasteiger partial charge >= 0.3 is 0 Å². The number of nitrogens with one attached hydrogen (secondary N) is 1. The molecule has 39 heavy (non-hydrogen) atoms. The summed E-state index contributed by atoms with van der Waals surface area (Å²) < 4.78 is 0.978. The van der Waals surface area contributed by atoms with E-state index in [1.807, 2.05) is 36.4 Å². The van der Waals surface area contributed by atoms with Gasteiger partial charge in [0, 0.05) is 21.2 Å². The predicted molar refractivity (Wildman–Crippen MR) is 169 cm³/mol. The van der Waals surface area contributed by atoms with E-state index in [0.29, 0.717) is 5.84 Å². The maximum Gasteiger partial charge on any atom is 0.169 e. The third-order valence-corrected chi connectivity index (χ3v) is 7.33. The van der Waals surface area contributed by atoms with Gasteiger partial charge in [-0.2, -0.15) is 0 Å². The van der Waals surface area contributed by atoms with Crippen LogP contribution in [0.25, 0.3) is 32.7 Å². The van der Waals surface area contributed by atoms with Crippen molar-refractivity contribution in [2.75, 3.05) is 0 Å². The zero-order valence-electron chi connectivity index (χ0n) is 21.3. The second-order valence-electron chi connectivity index (χ2n) is 9.38. The quantitative estimate of drug-likeness (QED) is 0.161. The number of fused-ring (bicyclic) bond motifs is 3. The van der Waals surface area contributed by atoms with Crippen molar-refractivity contribution in [2.24, 2.45) is 9.98 Å². The van der Waals surface area contributed by atoms with Gasteiger partial charge in [-0.25, -0.2) is 9.98 Å². The first kappa shape index (κ1) is 24.8. The molecule has 1 unspecified atom stereocenters. The Bertz CT molecular complexity index is 1830. The Kier molecular flexibility index (Phi) is 6.78. The Labute approximate surface area is 236 Å². The van der Waals surface area contributed by atoms with Crippen LogP contribution in [0.5, 0.6) is 0 Å². The van der Waals surface area contributed by atoms with Crippen LogP contribution in [0, 0.1) is 0 Å². The van der Waals surface area contributed by atoms with E-state index >= 15 is 0 Å². The summed E-state index contributed by atoms with van der Waals surface area (Å²) in [4.78, 5) is 10.0. The van der Waals surface area contributed by atoms with Crippen molar-refractivity contribution >= 4 is 49.1 Å². The summed E-state index contributed by atoms with van der Waals surface area (Å²) in [5, 5.41) is 8.38. The van der Waals surface area contributed by atoms with Crippen LogP contribution in [0.1, 0.15) is 17.3 Å². The summed E-state index contributed by atoms with van der Waals surface area (Å²) in [6, 6.07) is 36.1. The second kappa shape index (κ2) is 10.7. The van der Waals surface area contributed by atoms with Crippen molar-refractivity contribution in [1.29, 1.82) is 0 Å². The normalized spacial score (nSPS) is 15.4. The van der Waals surface area contributed by atoms with Gasteiger partial charge in [-0.15, -0.1) is 0 Å². The SMILES string of the molecule is C=C/C=C(\C=C)C1=NC(c2cc(Br)cc(-c3ccc4c(ccc5ccccc54)c3)c2)N=C(c2ccccc2)N1. The number of benzene rings is 5. The molecular weight excluding hydrogens is 542 g/mol. The van der Waals surface area contributed by atoms with Gasteiger partial charge in [0.25, 0.3) is 0 Å². The molecule has 0 aromatic heterocycles. The number of hydrogen-bond donors (Lipinski definition) is 1. The number of amidine groups is 2. The lowest BCUT2D eigenvalue weighted by Gasteiger charge is -2.23. The summed E-state index contributed by atoms with van der Waals surface area (Å²) in [5.41, 5.74) is 5.09. The van der Waals surface area contributed by atoms with Crippen LogP contribution in [0.2, 0.25) is 0 Å². The van der Waals surface area contributed by atoms with Crippen LogP contribution in [-0.4, -0.2) is 11.7 Å². The molecule has 188 valence electrons. The summed E-state index contributed by atoms with van der Waals surface area (Å²) in [6.07, 6.45) is 4.99. The number of allylic oxidation sites excluding steroid dienone is 2. The van der Waals surface area contributed by atoms with Gasteiger partial charge in [-0.3, -0.25) is 0 Å². The Hall–Kier alpha value is -4.54. The maximum absolute atomic E-state index is 5.02. The van der Waals surface area contributed by atoms with Gasteiger partial charge in [0.2, 0.25) is 0 Å². The third-order valence-electron chi connectivity index (χ3n) is 6.87. The molecule has 0 amide bonds. The molecular formula is C35H26BrN3. The fourth-order valence-electron chi connectivity index (χ4n) is 4.98. The molecule has 4 heteroatoms. The highest BCUT2D eigenvalue weighted by atomic mass is 79.9. The Morgan fingerprint density at radius 1 is 0.718 bits per heavy atom. The fraction of sp³-hybridized carbons (Fsp3) is 0.0286. The summed E-state index contributed by atoms with van der Waals surface area (Å²) in [6.45, 7) is 7.83. The topological polar surface area (TPSA) is 36.8 Å². The molecule has 0 radical (unpaired) electrons. The molecule has 5 aromatic carbocycles. The minimum absolute atomic E-state index is 0.426. The molecule has 5 aromatic rings. The van der Waals surface area contributed by atoms with Crippen LogP contribution in [0.15, 0.2) is 155 Å². The monoisotopic (exact) mass is 567 g/mol. The van der Waals surface area contributed by atoms with Crippen LogP contribution in [0.4, 0.5) is 0 Å². The first-order chi connectivity index (χ1) is 19.1. The molecule has 6 rings (SSSR count). The van der Waals surface area contributed by atoms with Gasteiger partial charge in [-0.1, -0.05) is 126 Å². The summed E-state index contributed by atoms with van der Waals surface area (Å²) in [7, 11) is 0. The number of halogens is 1. The molecule has 1 aliphatic heterocycles. The molecule has 1 atom stereocenters. The van der Waals surface area contributed by atoms with E-state index < -0.39 is 6.17 Å². The zero-order valence-corrected chi connectivity index (χ0v) is 22.9. The standard InChI is InChI=1S/C35H26BrN3/c1-3-10-23(4-2)33-37-34(25-12-6-5-7-13-25)39-35(38-33)29-20-28(21-30(36)22-29)26-17-18-32-27(19-26)16-15-24-11-8-9-14-31(24)32/h3-22,35H,1-2H2,(H,37,38,39)/b23-10+. The lowest BCUT2D eigenvalue weighted by molar-refractivity contribution is 0.755. The zero-order chi connectivity index (χ0) is 26.8. The van der Waals surface area contributed by atoms with Crippen molar-refractivity contribution in [3.8, 4) is 11.1 Å². The number of rotatable bonds is 6. The Morgan fingerprint density at radius 2 is 1.49 bits per heavy atom. The number of nitrogens with zero attached hydrogens (tertiary/aromatic N) is 2. The van der Waals surface area contributed by atoms with E-state index in [0.717, 1.165) is 38.1 Å². The van der Waals surface area contributed by atoms with Crippen molar-refractivity contribution in [3.63, 3.8) is 0 Å². The molecule has 0 spiro atoms. The smallest absolute Gasteiger partial charge is 0.169 e. The Balaban J connectivity index is 1.45. The number of hydrogen-bond acceptors (Lipinski definition) is 3. The van der Waals surface area contributed by atoms with Crippen LogP contribution < -0.4 is 5.32 Å². The van der Waals surface area contributed by atoms with Gasteiger partial charge in [0.15, 0.2) is 6.17 Å². The average molecular weight is 569 g/mol. The van der Waals surface area contributed by atoms with Crippen LogP contribution >= 0.6 is 15.9 Å². The van der Waals surface area contributed by atoms with Gasteiger partial charge in [0.05, 0.1) is 0 Å². The van der Waals surface area contributed by atoms with E-state index in [1.165, 1.54) is 21.5 Å². The molecule has 1 N–H and O–H groups in total. The van der Waals surface area contributed by atoms with E-state index in [-0.39, 0.29) is 0 Å². The maximum atomic E-state index is 5.02. The van der Waals surface area contributed by atoms with E-state index in [1.54, 1.807) is 12.2 Å². The second-order valence-corrected chi connectivity index (χ2v) is 10.3. The van der Waals surface area contributed by atoms with Crippen molar-refractivity contribution < 1.29 is 0 Å². The largest absolute Gasteiger partial charge is 0.324 e. The van der Waals surface area contributed by atoms with Crippen LogP contribution in [0.3, 0.4) is 0 Å². The molecule has 0 fully saturated rings. The molecule has 1 heterocycles. The van der Waals surface area contributed by atoms with Crippen LogP contribution in [-0.2, 0) is 0 Å². The Morgan fingerprint density at radius 3 is 2.31 bits per heavy atom. The van der Waals surface area contributed by atoms with Gasteiger partial charge < -0.3 is 5.32 Å². The third kappa shape index (κ3) is 4.99. The lowest BCUT2D eigenvalue weighted by Crippen LogP contribution is -2.36. The first-order valence-corrected chi connectivity index (χ1v) is 13.6. The molecule has 1 aliphatic rings. The molecule has 0 saturated carbocycles.